The van der Waals surface area contributed by atoms with Crippen LogP contribution in [0.4, 0.5) is 5.69 Å². The Bertz CT molecular complexity index is 531. The van der Waals surface area contributed by atoms with Gasteiger partial charge in [-0.15, -0.1) is 0 Å². The third kappa shape index (κ3) is 3.10. The van der Waals surface area contributed by atoms with Crippen molar-refractivity contribution < 1.29 is 9.84 Å². The van der Waals surface area contributed by atoms with Crippen molar-refractivity contribution in [1.29, 1.82) is 0 Å². The number of nitrogens with two attached hydrogens (primary N) is 1. The quantitative estimate of drug-likeness (QED) is 0.857. The van der Waals surface area contributed by atoms with Gasteiger partial charge in [0, 0.05) is 31.6 Å². The molecule has 0 fully saturated rings. The Labute approximate surface area is 112 Å². The minimum atomic E-state index is -1.10. The lowest BCUT2D eigenvalue weighted by molar-refractivity contribution is -0.0354. The van der Waals surface area contributed by atoms with Crippen LogP contribution in [0.2, 0.25) is 0 Å². The van der Waals surface area contributed by atoms with Crippen LogP contribution in [0.5, 0.6) is 0 Å². The van der Waals surface area contributed by atoms with E-state index in [-0.39, 0.29) is 6.61 Å². The third-order valence-electron chi connectivity index (χ3n) is 3.12. The minimum absolute atomic E-state index is 0.200. The topological polar surface area (TPSA) is 68.4 Å². The second-order valence-electron chi connectivity index (χ2n) is 4.58. The summed E-state index contributed by atoms with van der Waals surface area (Å²) in [7, 11) is 1.57. The summed E-state index contributed by atoms with van der Waals surface area (Å²) in [6, 6.07) is 11.2. The van der Waals surface area contributed by atoms with E-state index in [1.807, 2.05) is 30.3 Å². The zero-order valence-corrected chi connectivity index (χ0v) is 10.9. The van der Waals surface area contributed by atoms with E-state index in [9.17, 15) is 5.11 Å². The van der Waals surface area contributed by atoms with E-state index in [0.717, 1.165) is 11.1 Å². The normalized spacial score (nSPS) is 14.0. The molecule has 0 aliphatic rings. The largest absolute Gasteiger partial charge is 0.398 e. The van der Waals surface area contributed by atoms with E-state index in [1.54, 1.807) is 25.6 Å². The molecule has 100 valence electrons. The summed E-state index contributed by atoms with van der Waals surface area (Å²) >= 11 is 0. The van der Waals surface area contributed by atoms with Gasteiger partial charge in [-0.05, 0) is 17.2 Å². The van der Waals surface area contributed by atoms with Gasteiger partial charge in [-0.25, -0.2) is 0 Å². The number of nitrogens with zero attached hydrogens (tertiary/aromatic N) is 1. The van der Waals surface area contributed by atoms with E-state index in [1.165, 1.54) is 0 Å². The molecule has 1 atom stereocenters. The van der Waals surface area contributed by atoms with Crippen LogP contribution in [0, 0.1) is 0 Å². The number of aliphatic hydroxyl groups is 1. The third-order valence-corrected chi connectivity index (χ3v) is 3.12. The maximum Gasteiger partial charge on any atom is 0.117 e. The fourth-order valence-corrected chi connectivity index (χ4v) is 2.12. The molecular formula is C15H18N2O2. The van der Waals surface area contributed by atoms with Crippen LogP contribution >= 0.6 is 0 Å². The Hall–Kier alpha value is -1.91. The number of rotatable bonds is 5. The monoisotopic (exact) mass is 258 g/mol. The van der Waals surface area contributed by atoms with Crippen molar-refractivity contribution >= 4 is 5.69 Å². The van der Waals surface area contributed by atoms with Crippen LogP contribution in [0.1, 0.15) is 11.1 Å². The predicted octanol–water partition coefficient (Wildman–Crippen LogP) is 1.74. The number of benzene rings is 1. The lowest BCUT2D eigenvalue weighted by Gasteiger charge is -2.28. The fourth-order valence-electron chi connectivity index (χ4n) is 2.12. The standard InChI is InChI=1S/C15H18N2O2/c1-19-11-15(18,13-5-3-2-4-6-13)9-12-10-17-8-7-14(12)16/h2-8,10,18H,9,11H2,1H3,(H2,16,17). The molecule has 19 heavy (non-hydrogen) atoms. The molecule has 0 spiro atoms. The zero-order valence-electron chi connectivity index (χ0n) is 10.9. The Morgan fingerprint density at radius 1 is 1.26 bits per heavy atom. The molecule has 1 unspecified atom stereocenters. The summed E-state index contributed by atoms with van der Waals surface area (Å²) < 4.78 is 5.16. The smallest absolute Gasteiger partial charge is 0.117 e. The Morgan fingerprint density at radius 3 is 2.63 bits per heavy atom. The first-order valence-electron chi connectivity index (χ1n) is 6.11. The number of pyridine rings is 1. The molecule has 0 saturated carbocycles. The van der Waals surface area contributed by atoms with Crippen LogP contribution in [0.25, 0.3) is 0 Å². The molecule has 1 heterocycles. The first-order chi connectivity index (χ1) is 9.15. The van der Waals surface area contributed by atoms with Gasteiger partial charge in [0.15, 0.2) is 0 Å². The number of nitrogen functional groups attached to an aromatic ring is 1. The molecular weight excluding hydrogens is 240 g/mol. The molecule has 4 heteroatoms. The molecule has 0 bridgehead atoms. The molecule has 3 N–H and O–H groups in total. The van der Waals surface area contributed by atoms with Crippen molar-refractivity contribution in [2.24, 2.45) is 0 Å². The van der Waals surface area contributed by atoms with E-state index < -0.39 is 5.60 Å². The second kappa shape index (κ2) is 5.82. The van der Waals surface area contributed by atoms with Crippen molar-refractivity contribution in [2.75, 3.05) is 19.5 Å². The van der Waals surface area contributed by atoms with Gasteiger partial charge in [-0.2, -0.15) is 0 Å². The van der Waals surface area contributed by atoms with E-state index in [4.69, 9.17) is 10.5 Å². The Morgan fingerprint density at radius 2 is 2.00 bits per heavy atom. The molecule has 0 amide bonds. The maximum absolute atomic E-state index is 10.9. The van der Waals surface area contributed by atoms with Gasteiger partial charge in [0.25, 0.3) is 0 Å². The first kappa shape index (κ1) is 13.5. The molecule has 0 aliphatic heterocycles. The maximum atomic E-state index is 10.9. The summed E-state index contributed by atoms with van der Waals surface area (Å²) in [5.74, 6) is 0. The predicted molar refractivity (Wildman–Crippen MR) is 74.6 cm³/mol. The van der Waals surface area contributed by atoms with Gasteiger partial charge in [0.2, 0.25) is 0 Å². The second-order valence-corrected chi connectivity index (χ2v) is 4.58. The number of hydrogen-bond acceptors (Lipinski definition) is 4. The highest BCUT2D eigenvalue weighted by Gasteiger charge is 2.30. The molecule has 2 aromatic rings. The molecule has 1 aromatic heterocycles. The average Bonchev–Trinajstić information content (AvgIpc) is 2.43. The summed E-state index contributed by atoms with van der Waals surface area (Å²) in [6.07, 6.45) is 3.68. The van der Waals surface area contributed by atoms with Crippen molar-refractivity contribution in [2.45, 2.75) is 12.0 Å². The number of methoxy groups -OCH3 is 1. The van der Waals surface area contributed by atoms with Crippen LogP contribution in [-0.4, -0.2) is 23.8 Å². The zero-order chi connectivity index (χ0) is 13.7. The van der Waals surface area contributed by atoms with E-state index in [0.29, 0.717) is 12.1 Å². The van der Waals surface area contributed by atoms with Crippen molar-refractivity contribution in [3.05, 3.63) is 59.9 Å². The van der Waals surface area contributed by atoms with Gasteiger partial charge in [0.1, 0.15) is 5.60 Å². The van der Waals surface area contributed by atoms with Crippen molar-refractivity contribution in [1.82, 2.24) is 4.98 Å². The highest BCUT2D eigenvalue weighted by molar-refractivity contribution is 5.45. The minimum Gasteiger partial charge on any atom is -0.398 e. The van der Waals surface area contributed by atoms with Crippen LogP contribution in [0.3, 0.4) is 0 Å². The van der Waals surface area contributed by atoms with Crippen LogP contribution in [-0.2, 0) is 16.8 Å². The molecule has 0 aliphatic carbocycles. The summed E-state index contributed by atoms with van der Waals surface area (Å²) in [4.78, 5) is 4.05. The highest BCUT2D eigenvalue weighted by Crippen LogP contribution is 2.27. The van der Waals surface area contributed by atoms with E-state index >= 15 is 0 Å². The molecule has 0 saturated heterocycles. The first-order valence-corrected chi connectivity index (χ1v) is 6.11. The SMILES string of the molecule is COCC(O)(Cc1cnccc1N)c1ccccc1. The average molecular weight is 258 g/mol. The van der Waals surface area contributed by atoms with Gasteiger partial charge in [-0.1, -0.05) is 30.3 Å². The Kier molecular flexibility index (Phi) is 4.14. The summed E-state index contributed by atoms with van der Waals surface area (Å²) in [5.41, 5.74) is 7.05. The molecule has 1 aromatic carbocycles. The summed E-state index contributed by atoms with van der Waals surface area (Å²) in [5, 5.41) is 10.9. The van der Waals surface area contributed by atoms with E-state index in [2.05, 4.69) is 4.98 Å². The van der Waals surface area contributed by atoms with Gasteiger partial charge in [0.05, 0.1) is 6.61 Å². The highest BCUT2D eigenvalue weighted by atomic mass is 16.5. The van der Waals surface area contributed by atoms with Crippen molar-refractivity contribution in [3.63, 3.8) is 0 Å². The van der Waals surface area contributed by atoms with Gasteiger partial charge in [-0.3, -0.25) is 4.98 Å². The molecule has 4 nitrogen and oxygen atoms in total. The summed E-state index contributed by atoms with van der Waals surface area (Å²) in [6.45, 7) is 0.200. The number of aromatic nitrogens is 1. The number of ether oxygens (including phenoxy) is 1. The van der Waals surface area contributed by atoms with Gasteiger partial charge < -0.3 is 15.6 Å². The fraction of sp³-hybridized carbons (Fsp3) is 0.267. The number of hydrogen-bond donors (Lipinski definition) is 2. The molecule has 0 radical (unpaired) electrons. The Balaban J connectivity index is 2.33. The van der Waals surface area contributed by atoms with Gasteiger partial charge >= 0.3 is 0 Å². The lowest BCUT2D eigenvalue weighted by Crippen LogP contribution is -2.34. The lowest BCUT2D eigenvalue weighted by atomic mass is 9.88. The number of anilines is 1. The molecule has 2 rings (SSSR count). The van der Waals surface area contributed by atoms with Crippen molar-refractivity contribution in [3.8, 4) is 0 Å². The van der Waals surface area contributed by atoms with Crippen LogP contribution in [0.15, 0.2) is 48.8 Å². The van der Waals surface area contributed by atoms with Crippen LogP contribution < -0.4 is 5.73 Å².